The van der Waals surface area contributed by atoms with Crippen LogP contribution in [0.25, 0.3) is 16.9 Å². The van der Waals surface area contributed by atoms with Gasteiger partial charge in [-0.15, -0.1) is 12.4 Å². The minimum Gasteiger partial charge on any atom is -0.311 e. The molecule has 4 rings (SSSR count). The monoisotopic (exact) mass is 376 g/mol. The summed E-state index contributed by atoms with van der Waals surface area (Å²) in [6.07, 6.45) is 4.41. The van der Waals surface area contributed by atoms with Gasteiger partial charge in [0.05, 0.1) is 5.69 Å². The molecule has 1 aliphatic rings. The summed E-state index contributed by atoms with van der Waals surface area (Å²) in [5.41, 5.74) is 3.40. The predicted octanol–water partition coefficient (Wildman–Crippen LogP) is 2.92. The van der Waals surface area contributed by atoms with Crippen molar-refractivity contribution in [2.75, 3.05) is 20.6 Å². The fourth-order valence-electron chi connectivity index (χ4n) is 3.79. The molecule has 0 saturated carbocycles. The predicted molar refractivity (Wildman–Crippen MR) is 103 cm³/mol. The van der Waals surface area contributed by atoms with Gasteiger partial charge in [0.25, 0.3) is 0 Å². The van der Waals surface area contributed by atoms with Gasteiger partial charge in [-0.2, -0.15) is 0 Å². The summed E-state index contributed by atoms with van der Waals surface area (Å²) in [7, 11) is 4.15. The smallest absolute Gasteiger partial charge is 0.311 e. The van der Waals surface area contributed by atoms with E-state index in [-0.39, 0.29) is 23.9 Å². The topological polar surface area (TPSA) is 53.4 Å². The average Bonchev–Trinajstić information content (AvgIpc) is 3.01. The molecule has 1 N–H and O–H groups in total. The van der Waals surface area contributed by atoms with Crippen molar-refractivity contribution in [3.8, 4) is 11.3 Å². The van der Waals surface area contributed by atoms with Crippen molar-refractivity contribution in [3.05, 3.63) is 58.0 Å². The molecule has 0 saturated heterocycles. The Morgan fingerprint density at radius 3 is 2.85 bits per heavy atom. The summed E-state index contributed by atoms with van der Waals surface area (Å²) in [6, 6.07) is 6.52. The lowest BCUT2D eigenvalue weighted by molar-refractivity contribution is 0.301. The van der Waals surface area contributed by atoms with Gasteiger partial charge in [-0.25, -0.2) is 14.2 Å². The van der Waals surface area contributed by atoms with E-state index in [2.05, 4.69) is 29.0 Å². The molecule has 2 heterocycles. The highest BCUT2D eigenvalue weighted by molar-refractivity contribution is 5.85. The van der Waals surface area contributed by atoms with E-state index in [4.69, 9.17) is 0 Å². The zero-order valence-electron chi connectivity index (χ0n) is 14.8. The first-order valence-electron chi connectivity index (χ1n) is 8.55. The van der Waals surface area contributed by atoms with Crippen LogP contribution in [0, 0.1) is 11.7 Å². The van der Waals surface area contributed by atoms with Gasteiger partial charge in [0.15, 0.2) is 0 Å². The molecule has 1 atom stereocenters. The number of halogens is 2. The molecular weight excluding hydrogens is 355 g/mol. The first-order valence-corrected chi connectivity index (χ1v) is 8.55. The second-order valence-electron chi connectivity index (χ2n) is 7.06. The molecule has 0 aliphatic heterocycles. The van der Waals surface area contributed by atoms with Crippen LogP contribution in [0.4, 0.5) is 4.39 Å². The minimum atomic E-state index is -0.332. The highest BCUT2D eigenvalue weighted by Gasteiger charge is 2.24. The highest BCUT2D eigenvalue weighted by atomic mass is 35.5. The molecule has 1 aliphatic carbocycles. The van der Waals surface area contributed by atoms with Gasteiger partial charge in [-0.1, -0.05) is 12.1 Å². The van der Waals surface area contributed by atoms with E-state index in [9.17, 15) is 9.18 Å². The maximum Gasteiger partial charge on any atom is 0.331 e. The maximum atomic E-state index is 14.1. The Labute approximate surface area is 157 Å². The molecule has 1 aromatic carbocycles. The third-order valence-corrected chi connectivity index (χ3v) is 4.89. The molecule has 26 heavy (non-hydrogen) atoms. The normalized spacial score (nSPS) is 16.5. The van der Waals surface area contributed by atoms with Crippen LogP contribution >= 0.6 is 12.4 Å². The molecule has 1 unspecified atom stereocenters. The fraction of sp³-hybridized carbons (Fsp3) is 0.368. The van der Waals surface area contributed by atoms with Crippen LogP contribution in [0.15, 0.2) is 35.3 Å². The quantitative estimate of drug-likeness (QED) is 0.764. The van der Waals surface area contributed by atoms with Gasteiger partial charge >= 0.3 is 5.69 Å². The zero-order valence-corrected chi connectivity index (χ0v) is 15.6. The minimum absolute atomic E-state index is 0. The van der Waals surface area contributed by atoms with E-state index >= 15 is 0 Å². The van der Waals surface area contributed by atoms with E-state index in [1.165, 1.54) is 10.5 Å². The van der Waals surface area contributed by atoms with Crippen molar-refractivity contribution in [2.45, 2.75) is 19.3 Å². The summed E-state index contributed by atoms with van der Waals surface area (Å²) in [4.78, 5) is 22.2. The zero-order chi connectivity index (χ0) is 17.6. The van der Waals surface area contributed by atoms with Crippen molar-refractivity contribution in [1.82, 2.24) is 19.3 Å². The summed E-state index contributed by atoms with van der Waals surface area (Å²) in [5.74, 6) is 0.201. The number of nitrogens with zero attached hydrogens (tertiary/aromatic N) is 3. The van der Waals surface area contributed by atoms with E-state index in [1.807, 2.05) is 0 Å². The molecule has 0 spiro atoms. The molecule has 7 heteroatoms. The Hall–Kier alpha value is -2.18. The molecular formula is C19H22ClFN4O. The van der Waals surface area contributed by atoms with Crippen molar-refractivity contribution < 1.29 is 4.39 Å². The number of hydrogen-bond acceptors (Lipinski definition) is 3. The fourth-order valence-corrected chi connectivity index (χ4v) is 3.79. The third kappa shape index (κ3) is 3.27. The van der Waals surface area contributed by atoms with Crippen molar-refractivity contribution in [3.63, 3.8) is 0 Å². The van der Waals surface area contributed by atoms with Gasteiger partial charge in [0.1, 0.15) is 11.5 Å². The third-order valence-electron chi connectivity index (χ3n) is 4.89. The lowest BCUT2D eigenvalue weighted by Gasteiger charge is -2.26. The summed E-state index contributed by atoms with van der Waals surface area (Å²) in [5, 5.41) is 0. The van der Waals surface area contributed by atoms with Crippen molar-refractivity contribution in [2.24, 2.45) is 5.92 Å². The van der Waals surface area contributed by atoms with E-state index in [0.29, 0.717) is 22.8 Å². The van der Waals surface area contributed by atoms with Gasteiger partial charge in [-0.3, -0.25) is 4.40 Å². The molecule has 2 aromatic heterocycles. The highest BCUT2D eigenvalue weighted by Crippen LogP contribution is 2.29. The van der Waals surface area contributed by atoms with Gasteiger partial charge in [-0.05, 0) is 51.4 Å². The van der Waals surface area contributed by atoms with Crippen LogP contribution in [0.5, 0.6) is 0 Å². The van der Waals surface area contributed by atoms with Crippen molar-refractivity contribution >= 4 is 18.1 Å². The Morgan fingerprint density at radius 1 is 1.35 bits per heavy atom. The Morgan fingerprint density at radius 2 is 2.12 bits per heavy atom. The second-order valence-corrected chi connectivity index (χ2v) is 7.06. The van der Waals surface area contributed by atoms with Gasteiger partial charge in [0.2, 0.25) is 0 Å². The largest absolute Gasteiger partial charge is 0.331 e. The number of imidazole rings is 1. The van der Waals surface area contributed by atoms with Gasteiger partial charge < -0.3 is 9.88 Å². The van der Waals surface area contributed by atoms with E-state index < -0.39 is 0 Å². The molecule has 138 valence electrons. The molecule has 5 nitrogen and oxygen atoms in total. The number of hydrogen-bond donors (Lipinski definition) is 1. The number of benzene rings is 1. The summed E-state index contributed by atoms with van der Waals surface area (Å²) < 4.78 is 15.6. The molecule has 0 fully saturated rings. The number of rotatable bonds is 3. The SMILES string of the molecule is CN(C)CC1CCc2[nH]c(=O)n3cc(-c4ccccc4F)nc3c2C1.Cl. The lowest BCUT2D eigenvalue weighted by Crippen LogP contribution is -2.30. The second kappa shape index (κ2) is 7.21. The van der Waals surface area contributed by atoms with Crippen LogP contribution in [0.3, 0.4) is 0 Å². The van der Waals surface area contributed by atoms with Crippen molar-refractivity contribution in [1.29, 1.82) is 0 Å². The number of aromatic amines is 1. The summed E-state index contributed by atoms with van der Waals surface area (Å²) in [6.45, 7) is 1.01. The lowest BCUT2D eigenvalue weighted by atomic mass is 9.86. The van der Waals surface area contributed by atoms with Gasteiger partial charge in [0, 0.05) is 29.6 Å². The number of aromatic nitrogens is 3. The van der Waals surface area contributed by atoms with Crippen LogP contribution in [-0.2, 0) is 12.8 Å². The van der Waals surface area contributed by atoms with E-state index in [0.717, 1.165) is 37.1 Å². The Bertz CT molecular complexity index is 995. The Kier molecular flexibility index (Phi) is 5.16. The first-order chi connectivity index (χ1) is 12.0. The Balaban J connectivity index is 0.00000196. The van der Waals surface area contributed by atoms with Crippen LogP contribution in [0.2, 0.25) is 0 Å². The number of fused-ring (bicyclic) bond motifs is 3. The standard InChI is InChI=1S/C19H21FN4O.ClH/c1-23(2)10-12-7-8-16-14(9-12)18-21-17(11-24(18)19(25)22-16)13-5-3-4-6-15(13)20;/h3-6,11-12H,7-10H2,1-2H3,(H,22,25);1H. The summed E-state index contributed by atoms with van der Waals surface area (Å²) >= 11 is 0. The van der Waals surface area contributed by atoms with Crippen LogP contribution < -0.4 is 5.69 Å². The van der Waals surface area contributed by atoms with Crippen LogP contribution in [0.1, 0.15) is 17.7 Å². The molecule has 0 amide bonds. The number of nitrogens with one attached hydrogen (secondary N) is 1. The first kappa shape index (κ1) is 18.6. The average molecular weight is 377 g/mol. The number of H-pyrrole nitrogens is 1. The molecule has 0 bridgehead atoms. The molecule has 0 radical (unpaired) electrons. The number of aryl methyl sites for hydroxylation is 1. The van der Waals surface area contributed by atoms with E-state index in [1.54, 1.807) is 24.4 Å². The van der Waals surface area contributed by atoms with Crippen LogP contribution in [-0.4, -0.2) is 39.9 Å². The molecule has 3 aromatic rings. The maximum absolute atomic E-state index is 14.1.